The van der Waals surface area contributed by atoms with Gasteiger partial charge in [0.2, 0.25) is 0 Å². The zero-order valence-corrected chi connectivity index (χ0v) is 18.0. The number of thiazole rings is 1. The highest BCUT2D eigenvalue weighted by molar-refractivity contribution is 7.71. The quantitative estimate of drug-likeness (QED) is 0.305. The van der Waals surface area contributed by atoms with Crippen molar-refractivity contribution >= 4 is 45.9 Å². The Hall–Kier alpha value is -2.88. The van der Waals surface area contributed by atoms with E-state index in [1.54, 1.807) is 6.08 Å². The van der Waals surface area contributed by atoms with E-state index in [1.165, 1.54) is 22.7 Å². The number of nitrogens with one attached hydrogen (secondary N) is 2. The van der Waals surface area contributed by atoms with Gasteiger partial charge in [-0.15, -0.1) is 17.9 Å². The van der Waals surface area contributed by atoms with E-state index in [2.05, 4.69) is 27.1 Å². The minimum absolute atomic E-state index is 0.177. The van der Waals surface area contributed by atoms with E-state index in [4.69, 9.17) is 12.2 Å². The summed E-state index contributed by atoms with van der Waals surface area (Å²) in [4.78, 5) is 18.9. The first-order chi connectivity index (χ1) is 14.1. The van der Waals surface area contributed by atoms with Crippen molar-refractivity contribution in [1.82, 2.24) is 19.7 Å². The van der Waals surface area contributed by atoms with Crippen LogP contribution in [-0.4, -0.2) is 25.7 Å². The van der Waals surface area contributed by atoms with Gasteiger partial charge in [0, 0.05) is 12.1 Å². The third kappa shape index (κ3) is 3.84. The van der Waals surface area contributed by atoms with Gasteiger partial charge in [-0.3, -0.25) is 19.8 Å². The van der Waals surface area contributed by atoms with Gasteiger partial charge in [-0.05, 0) is 36.2 Å². The normalized spacial score (nSPS) is 10.8. The summed E-state index contributed by atoms with van der Waals surface area (Å²) in [6.07, 6.45) is 1.76. The molecule has 0 bridgehead atoms. The summed E-state index contributed by atoms with van der Waals surface area (Å²) in [5.41, 5.74) is 2.70. The minimum atomic E-state index is -0.177. The minimum Gasteiger partial charge on any atom is -0.297 e. The summed E-state index contributed by atoms with van der Waals surface area (Å²) in [5.74, 6) is 0.510. The van der Waals surface area contributed by atoms with Crippen LogP contribution >= 0.6 is 34.9 Å². The molecule has 0 saturated carbocycles. The van der Waals surface area contributed by atoms with Crippen molar-refractivity contribution in [3.63, 3.8) is 0 Å². The lowest BCUT2D eigenvalue weighted by Gasteiger charge is -2.04. The molecule has 0 atom stereocenters. The molecule has 0 spiro atoms. The lowest BCUT2D eigenvalue weighted by atomic mass is 10.1. The molecule has 6 nitrogen and oxygen atoms in total. The molecule has 0 aliphatic rings. The fourth-order valence-electron chi connectivity index (χ4n) is 2.93. The summed E-state index contributed by atoms with van der Waals surface area (Å²) in [7, 11) is 0. The summed E-state index contributed by atoms with van der Waals surface area (Å²) < 4.78 is 2.37. The number of hydrogen-bond acceptors (Lipinski definition) is 6. The molecule has 0 saturated heterocycles. The molecule has 29 heavy (non-hydrogen) atoms. The number of carbonyl (C=O) groups is 1. The topological polar surface area (TPSA) is 75.6 Å². The van der Waals surface area contributed by atoms with Crippen molar-refractivity contribution in [2.75, 3.05) is 5.32 Å². The summed E-state index contributed by atoms with van der Waals surface area (Å²) in [5, 5.41) is 12.5. The molecule has 4 aromatic rings. The molecule has 0 aliphatic carbocycles. The molecule has 0 unspecified atom stereocenters. The first-order valence-corrected chi connectivity index (χ1v) is 10.9. The third-order valence-electron chi connectivity index (χ3n) is 4.25. The summed E-state index contributed by atoms with van der Waals surface area (Å²) in [6, 6.07) is 11.8. The number of benzene rings is 1. The second kappa shape index (κ2) is 8.24. The van der Waals surface area contributed by atoms with Crippen LogP contribution in [0.25, 0.3) is 21.8 Å². The smallest absolute Gasteiger partial charge is 0.268 e. The Bertz CT molecular complexity index is 1230. The fourth-order valence-corrected chi connectivity index (χ4v) is 4.91. The van der Waals surface area contributed by atoms with Gasteiger partial charge in [0.1, 0.15) is 4.88 Å². The number of rotatable bonds is 6. The third-order valence-corrected chi connectivity index (χ3v) is 6.54. The summed E-state index contributed by atoms with van der Waals surface area (Å²) in [6.45, 7) is 6.19. The highest BCUT2D eigenvalue weighted by Crippen LogP contribution is 2.33. The number of thiophene rings is 1. The van der Waals surface area contributed by atoms with E-state index in [1.807, 2.05) is 53.3 Å². The Kier molecular flexibility index (Phi) is 5.52. The van der Waals surface area contributed by atoms with Gasteiger partial charge in [-0.1, -0.05) is 47.7 Å². The van der Waals surface area contributed by atoms with Gasteiger partial charge in [-0.25, -0.2) is 4.98 Å². The molecule has 1 amide bonds. The molecular formula is C20H17N5OS3. The van der Waals surface area contributed by atoms with E-state index < -0.39 is 0 Å². The monoisotopic (exact) mass is 439 g/mol. The van der Waals surface area contributed by atoms with E-state index in [9.17, 15) is 4.79 Å². The predicted octanol–water partition coefficient (Wildman–Crippen LogP) is 5.54. The molecular weight excluding hydrogens is 422 g/mol. The molecule has 146 valence electrons. The molecule has 3 heterocycles. The zero-order chi connectivity index (χ0) is 20.4. The average Bonchev–Trinajstić information content (AvgIpc) is 3.43. The van der Waals surface area contributed by atoms with E-state index >= 15 is 0 Å². The Morgan fingerprint density at radius 2 is 2.14 bits per heavy atom. The number of hydrogen-bond donors (Lipinski definition) is 2. The fraction of sp³-hybridized carbons (Fsp3) is 0.100. The van der Waals surface area contributed by atoms with Crippen LogP contribution in [0.3, 0.4) is 0 Å². The predicted molar refractivity (Wildman–Crippen MR) is 121 cm³/mol. The number of aryl methyl sites for hydroxylation is 1. The van der Waals surface area contributed by atoms with Crippen LogP contribution in [0.2, 0.25) is 0 Å². The van der Waals surface area contributed by atoms with Crippen molar-refractivity contribution in [3.05, 3.63) is 69.8 Å². The SMILES string of the molecule is C=CCn1c(-c2sc(NC(=O)c3sccc3-c3ccccc3)nc2C)n[nH]c1=S. The van der Waals surface area contributed by atoms with Crippen LogP contribution in [0.4, 0.5) is 5.13 Å². The lowest BCUT2D eigenvalue weighted by Crippen LogP contribution is -2.11. The van der Waals surface area contributed by atoms with E-state index in [0.29, 0.717) is 27.1 Å². The van der Waals surface area contributed by atoms with Gasteiger partial charge >= 0.3 is 0 Å². The van der Waals surface area contributed by atoms with Crippen LogP contribution in [0, 0.1) is 11.7 Å². The van der Waals surface area contributed by atoms with Gasteiger partial charge in [0.05, 0.1) is 10.6 Å². The maximum atomic E-state index is 12.9. The molecule has 0 aliphatic heterocycles. The van der Waals surface area contributed by atoms with Crippen LogP contribution in [0.15, 0.2) is 54.4 Å². The number of nitrogens with zero attached hydrogens (tertiary/aromatic N) is 3. The molecule has 2 N–H and O–H groups in total. The molecule has 9 heteroatoms. The van der Waals surface area contributed by atoms with Crippen LogP contribution in [-0.2, 0) is 6.54 Å². The van der Waals surface area contributed by atoms with Crippen molar-refractivity contribution in [1.29, 1.82) is 0 Å². The first-order valence-electron chi connectivity index (χ1n) is 8.76. The number of carbonyl (C=O) groups excluding carboxylic acids is 1. The van der Waals surface area contributed by atoms with Gasteiger partial charge in [0.15, 0.2) is 15.7 Å². The largest absolute Gasteiger partial charge is 0.297 e. The van der Waals surface area contributed by atoms with Gasteiger partial charge in [-0.2, -0.15) is 5.10 Å². The van der Waals surface area contributed by atoms with Crippen LogP contribution < -0.4 is 5.32 Å². The number of aromatic nitrogens is 4. The number of anilines is 1. The maximum Gasteiger partial charge on any atom is 0.268 e. The Morgan fingerprint density at radius 3 is 2.90 bits per heavy atom. The van der Waals surface area contributed by atoms with Crippen molar-refractivity contribution in [3.8, 4) is 21.8 Å². The van der Waals surface area contributed by atoms with Crippen molar-refractivity contribution < 1.29 is 4.79 Å². The Balaban J connectivity index is 1.62. The lowest BCUT2D eigenvalue weighted by molar-refractivity contribution is 0.103. The number of H-pyrrole nitrogens is 1. The second-order valence-corrected chi connectivity index (χ2v) is 8.47. The molecule has 3 aromatic heterocycles. The number of amides is 1. The van der Waals surface area contributed by atoms with E-state index in [0.717, 1.165) is 21.7 Å². The first kappa shape index (κ1) is 19.4. The van der Waals surface area contributed by atoms with E-state index in [-0.39, 0.29) is 5.91 Å². The van der Waals surface area contributed by atoms with Crippen molar-refractivity contribution in [2.45, 2.75) is 13.5 Å². The second-order valence-electron chi connectivity index (χ2n) is 6.17. The van der Waals surface area contributed by atoms with Crippen molar-refractivity contribution in [2.24, 2.45) is 0 Å². The van der Waals surface area contributed by atoms with Crippen LogP contribution in [0.5, 0.6) is 0 Å². The van der Waals surface area contributed by atoms with Gasteiger partial charge in [0.25, 0.3) is 5.91 Å². The zero-order valence-electron chi connectivity index (χ0n) is 15.5. The standard InChI is InChI=1S/C20H17N5OS3/c1-3-10-25-17(23-24-20(25)27)15-12(2)21-19(29-15)22-18(26)16-14(9-11-28-16)13-7-5-4-6-8-13/h3-9,11H,1,10H2,2H3,(H,24,27)(H,21,22,26). The highest BCUT2D eigenvalue weighted by atomic mass is 32.1. The highest BCUT2D eigenvalue weighted by Gasteiger charge is 2.19. The molecule has 4 rings (SSSR count). The Morgan fingerprint density at radius 1 is 1.34 bits per heavy atom. The Labute approximate surface area is 180 Å². The molecule has 0 radical (unpaired) electrons. The molecule has 0 fully saturated rings. The summed E-state index contributed by atoms with van der Waals surface area (Å²) >= 11 is 8.07. The number of aromatic amines is 1. The average molecular weight is 440 g/mol. The maximum absolute atomic E-state index is 12.9. The van der Waals surface area contributed by atoms with Gasteiger partial charge < -0.3 is 0 Å². The van der Waals surface area contributed by atoms with Crippen LogP contribution in [0.1, 0.15) is 15.4 Å². The number of allylic oxidation sites excluding steroid dienone is 1. The molecule has 1 aromatic carbocycles.